The molecule has 0 bridgehead atoms. The Morgan fingerprint density at radius 2 is 1.81 bits per heavy atom. The van der Waals surface area contributed by atoms with Crippen LogP contribution >= 0.6 is 22.7 Å². The van der Waals surface area contributed by atoms with Crippen LogP contribution in [-0.2, 0) is 4.79 Å². The molecule has 3 aromatic rings. The van der Waals surface area contributed by atoms with Crippen LogP contribution in [0.4, 0.5) is 0 Å². The van der Waals surface area contributed by atoms with Crippen LogP contribution in [0.5, 0.6) is 0 Å². The van der Waals surface area contributed by atoms with Crippen LogP contribution < -0.4 is 10.6 Å². The Bertz CT molecular complexity index is 935. The number of pyridine rings is 1. The first-order valence-electron chi connectivity index (χ1n) is 8.59. The van der Waals surface area contributed by atoms with Gasteiger partial charge in [0.15, 0.2) is 5.78 Å². The SMILES string of the molecule is O=C(CCC(=O)c1cccs1)NCCCNC(=O)c1ccnc2ccsc12. The first-order valence-corrected chi connectivity index (χ1v) is 10.3. The first kappa shape index (κ1) is 19.2. The second-order valence-electron chi connectivity index (χ2n) is 5.85. The van der Waals surface area contributed by atoms with Gasteiger partial charge in [-0.15, -0.1) is 22.7 Å². The zero-order valence-corrected chi connectivity index (χ0v) is 16.2. The average molecular weight is 402 g/mol. The number of hydrogen-bond acceptors (Lipinski definition) is 6. The number of thiophene rings is 2. The summed E-state index contributed by atoms with van der Waals surface area (Å²) in [5.41, 5.74) is 1.43. The minimum absolute atomic E-state index is 0.00958. The number of aromatic nitrogens is 1. The van der Waals surface area contributed by atoms with Gasteiger partial charge in [-0.3, -0.25) is 19.4 Å². The number of fused-ring (bicyclic) bond motifs is 1. The van der Waals surface area contributed by atoms with Gasteiger partial charge in [0.1, 0.15) is 0 Å². The van der Waals surface area contributed by atoms with Gasteiger partial charge in [-0.2, -0.15) is 0 Å². The fourth-order valence-corrected chi connectivity index (χ4v) is 4.10. The van der Waals surface area contributed by atoms with E-state index in [2.05, 4.69) is 15.6 Å². The van der Waals surface area contributed by atoms with Crippen molar-refractivity contribution in [2.75, 3.05) is 13.1 Å². The van der Waals surface area contributed by atoms with Gasteiger partial charge in [0.2, 0.25) is 5.91 Å². The molecule has 140 valence electrons. The number of nitrogens with zero attached hydrogens (tertiary/aromatic N) is 1. The van der Waals surface area contributed by atoms with Crippen LogP contribution in [0.25, 0.3) is 10.2 Å². The molecule has 2 N–H and O–H groups in total. The molecule has 0 fully saturated rings. The van der Waals surface area contributed by atoms with Crippen LogP contribution in [-0.4, -0.2) is 35.7 Å². The molecule has 2 amide bonds. The van der Waals surface area contributed by atoms with E-state index in [4.69, 9.17) is 0 Å². The van der Waals surface area contributed by atoms with Gasteiger partial charge >= 0.3 is 0 Å². The van der Waals surface area contributed by atoms with Gasteiger partial charge < -0.3 is 10.6 Å². The summed E-state index contributed by atoms with van der Waals surface area (Å²) in [6.07, 6.45) is 2.63. The summed E-state index contributed by atoms with van der Waals surface area (Å²) in [6.45, 7) is 0.916. The molecule has 0 saturated carbocycles. The van der Waals surface area contributed by atoms with E-state index in [9.17, 15) is 14.4 Å². The van der Waals surface area contributed by atoms with Gasteiger partial charge in [-0.1, -0.05) is 6.07 Å². The van der Waals surface area contributed by atoms with Crippen molar-refractivity contribution in [3.8, 4) is 0 Å². The number of nitrogens with one attached hydrogen (secondary N) is 2. The number of ketones is 1. The topological polar surface area (TPSA) is 88.2 Å². The van der Waals surface area contributed by atoms with Crippen molar-refractivity contribution in [1.82, 2.24) is 15.6 Å². The second-order valence-corrected chi connectivity index (χ2v) is 7.72. The number of carbonyl (C=O) groups excluding carboxylic acids is 3. The summed E-state index contributed by atoms with van der Waals surface area (Å²) in [6, 6.07) is 7.18. The highest BCUT2D eigenvalue weighted by Crippen LogP contribution is 2.22. The zero-order valence-electron chi connectivity index (χ0n) is 14.6. The minimum atomic E-state index is -0.152. The van der Waals surface area contributed by atoms with Gasteiger partial charge in [-0.05, 0) is 35.4 Å². The Kier molecular flexibility index (Phi) is 6.67. The normalized spacial score (nSPS) is 10.7. The van der Waals surface area contributed by atoms with Gasteiger partial charge in [0.25, 0.3) is 5.91 Å². The van der Waals surface area contributed by atoms with Crippen molar-refractivity contribution < 1.29 is 14.4 Å². The van der Waals surface area contributed by atoms with Crippen molar-refractivity contribution in [3.63, 3.8) is 0 Å². The molecule has 0 atom stereocenters. The lowest BCUT2D eigenvalue weighted by Gasteiger charge is -2.07. The predicted molar refractivity (Wildman–Crippen MR) is 107 cm³/mol. The predicted octanol–water partition coefficient (Wildman–Crippen LogP) is 3.26. The molecule has 0 aromatic carbocycles. The number of carbonyl (C=O) groups is 3. The fourth-order valence-electron chi connectivity index (χ4n) is 2.54. The molecule has 0 aliphatic rings. The van der Waals surface area contributed by atoms with Crippen LogP contribution in [0.1, 0.15) is 39.3 Å². The summed E-state index contributed by atoms with van der Waals surface area (Å²) in [7, 11) is 0. The number of Topliss-reactive ketones (excluding diaryl/α,β-unsaturated/α-hetero) is 1. The monoisotopic (exact) mass is 401 g/mol. The number of hydrogen-bond donors (Lipinski definition) is 2. The third-order valence-corrected chi connectivity index (χ3v) is 5.77. The Hall–Kier alpha value is -2.58. The quantitative estimate of drug-likeness (QED) is 0.425. The smallest absolute Gasteiger partial charge is 0.252 e. The van der Waals surface area contributed by atoms with Crippen LogP contribution in [0.2, 0.25) is 0 Å². The third-order valence-electron chi connectivity index (χ3n) is 3.92. The maximum Gasteiger partial charge on any atom is 0.252 e. The molecule has 27 heavy (non-hydrogen) atoms. The Labute approximate surface area is 164 Å². The standard InChI is InChI=1S/C19H19N3O3S2/c23-15(16-3-1-11-26-16)4-5-17(24)21-8-2-9-22-19(25)13-6-10-20-14-7-12-27-18(13)14/h1,3,6-7,10-12H,2,4-5,8-9H2,(H,21,24)(H,22,25). The summed E-state index contributed by atoms with van der Waals surface area (Å²) < 4.78 is 0.874. The molecule has 3 heterocycles. The number of amides is 2. The lowest BCUT2D eigenvalue weighted by atomic mass is 10.2. The molecule has 0 aliphatic heterocycles. The van der Waals surface area contributed by atoms with Crippen molar-refractivity contribution >= 4 is 50.5 Å². The molecule has 0 radical (unpaired) electrons. The summed E-state index contributed by atoms with van der Waals surface area (Å²) in [5, 5.41) is 9.39. The summed E-state index contributed by atoms with van der Waals surface area (Å²) in [4.78, 5) is 40.8. The molecule has 0 saturated heterocycles. The summed E-state index contributed by atoms with van der Waals surface area (Å²) in [5.74, 6) is -0.303. The molecular weight excluding hydrogens is 382 g/mol. The van der Waals surface area contributed by atoms with Gasteiger partial charge in [0.05, 0.1) is 20.7 Å². The van der Waals surface area contributed by atoms with E-state index in [0.29, 0.717) is 30.0 Å². The number of rotatable bonds is 9. The van der Waals surface area contributed by atoms with E-state index < -0.39 is 0 Å². The maximum atomic E-state index is 12.3. The van der Waals surface area contributed by atoms with E-state index in [1.165, 1.54) is 22.7 Å². The minimum Gasteiger partial charge on any atom is -0.356 e. The van der Waals surface area contributed by atoms with E-state index >= 15 is 0 Å². The average Bonchev–Trinajstić information content (AvgIpc) is 3.36. The Morgan fingerprint density at radius 1 is 0.963 bits per heavy atom. The molecule has 6 nitrogen and oxygen atoms in total. The molecule has 3 rings (SSSR count). The van der Waals surface area contributed by atoms with Crippen LogP contribution in [0.15, 0.2) is 41.2 Å². The Morgan fingerprint density at radius 3 is 2.63 bits per heavy atom. The molecule has 0 spiro atoms. The highest BCUT2D eigenvalue weighted by atomic mass is 32.1. The molecule has 3 aromatic heterocycles. The van der Waals surface area contributed by atoms with Crippen molar-refractivity contribution in [2.24, 2.45) is 0 Å². The third kappa shape index (κ3) is 5.21. The molecule has 8 heteroatoms. The Balaban J connectivity index is 1.33. The van der Waals surface area contributed by atoms with Crippen LogP contribution in [0.3, 0.4) is 0 Å². The summed E-state index contributed by atoms with van der Waals surface area (Å²) >= 11 is 2.87. The molecule has 0 unspecified atom stereocenters. The van der Waals surface area contributed by atoms with E-state index in [-0.39, 0.29) is 30.4 Å². The van der Waals surface area contributed by atoms with E-state index in [1.54, 1.807) is 18.3 Å². The lowest BCUT2D eigenvalue weighted by molar-refractivity contribution is -0.121. The van der Waals surface area contributed by atoms with E-state index in [1.807, 2.05) is 22.9 Å². The van der Waals surface area contributed by atoms with E-state index in [0.717, 1.165) is 10.2 Å². The van der Waals surface area contributed by atoms with Crippen LogP contribution in [0, 0.1) is 0 Å². The van der Waals surface area contributed by atoms with Gasteiger partial charge in [-0.25, -0.2) is 0 Å². The fraction of sp³-hybridized carbons (Fsp3) is 0.263. The van der Waals surface area contributed by atoms with Crippen molar-refractivity contribution in [1.29, 1.82) is 0 Å². The highest BCUT2D eigenvalue weighted by Gasteiger charge is 2.12. The molecular formula is C19H19N3O3S2. The lowest BCUT2D eigenvalue weighted by Crippen LogP contribution is -2.30. The second kappa shape index (κ2) is 9.38. The van der Waals surface area contributed by atoms with Crippen molar-refractivity contribution in [3.05, 3.63) is 51.7 Å². The zero-order chi connectivity index (χ0) is 19.1. The largest absolute Gasteiger partial charge is 0.356 e. The van der Waals surface area contributed by atoms with Crippen molar-refractivity contribution in [2.45, 2.75) is 19.3 Å². The first-order chi connectivity index (χ1) is 13.1. The van der Waals surface area contributed by atoms with Gasteiger partial charge in [0, 0.05) is 32.1 Å². The highest BCUT2D eigenvalue weighted by molar-refractivity contribution is 7.17. The maximum absolute atomic E-state index is 12.3. The molecule has 0 aliphatic carbocycles.